The number of benzene rings is 1. The average Bonchev–Trinajstić information content (AvgIpc) is 2.67. The Balaban J connectivity index is 1.99. The minimum atomic E-state index is 0.631. The molecule has 1 aromatic carbocycles. The van der Waals surface area contributed by atoms with Gasteiger partial charge in [-0.05, 0) is 43.5 Å². The zero-order chi connectivity index (χ0) is 13.1. The Morgan fingerprint density at radius 1 is 1.28 bits per heavy atom. The Kier molecular flexibility index (Phi) is 5.25. The van der Waals surface area contributed by atoms with Crippen LogP contribution in [0.3, 0.4) is 0 Å². The molecule has 1 nitrogen and oxygen atoms in total. The van der Waals surface area contributed by atoms with E-state index in [1.807, 2.05) is 23.9 Å². The molecule has 0 radical (unpaired) electrons. The summed E-state index contributed by atoms with van der Waals surface area (Å²) in [6.07, 6.45) is 2.54. The number of hydrogen-bond acceptors (Lipinski definition) is 2. The van der Waals surface area contributed by atoms with Crippen molar-refractivity contribution in [3.63, 3.8) is 0 Å². The molecule has 4 heteroatoms. The van der Waals surface area contributed by atoms with Gasteiger partial charge in [-0.1, -0.05) is 37.0 Å². The van der Waals surface area contributed by atoms with E-state index in [2.05, 4.69) is 25.2 Å². The molecule has 1 fully saturated rings. The van der Waals surface area contributed by atoms with Crippen molar-refractivity contribution in [2.75, 3.05) is 6.54 Å². The molecule has 0 spiro atoms. The van der Waals surface area contributed by atoms with Crippen LogP contribution in [0, 0.1) is 5.92 Å². The highest BCUT2D eigenvalue weighted by molar-refractivity contribution is 8.00. The summed E-state index contributed by atoms with van der Waals surface area (Å²) >= 11 is 13.9. The second-order valence-corrected chi connectivity index (χ2v) is 6.96. The smallest absolute Gasteiger partial charge is 0.0603 e. The molecule has 0 amide bonds. The average molecular weight is 304 g/mol. The number of rotatable bonds is 4. The number of thioether (sulfide) groups is 1. The predicted molar refractivity (Wildman–Crippen MR) is 82.0 cm³/mol. The molecule has 0 saturated heterocycles. The molecule has 1 aliphatic carbocycles. The predicted octanol–water partition coefficient (Wildman–Crippen LogP) is 4.86. The number of nitrogens with one attached hydrogen (secondary N) is 1. The first-order valence-corrected chi connectivity index (χ1v) is 8.10. The van der Waals surface area contributed by atoms with Gasteiger partial charge in [-0.25, -0.2) is 0 Å². The van der Waals surface area contributed by atoms with Crippen LogP contribution in [0.25, 0.3) is 0 Å². The van der Waals surface area contributed by atoms with Crippen molar-refractivity contribution in [1.29, 1.82) is 0 Å². The lowest BCUT2D eigenvalue weighted by Gasteiger charge is -2.21. The third kappa shape index (κ3) is 3.36. The molecule has 1 aromatic rings. The maximum absolute atomic E-state index is 6.06. The van der Waals surface area contributed by atoms with Gasteiger partial charge in [0.05, 0.1) is 10.0 Å². The Hall–Kier alpha value is 0.110. The summed E-state index contributed by atoms with van der Waals surface area (Å²) < 4.78 is 0. The Bertz CT molecular complexity index is 411. The zero-order valence-electron chi connectivity index (χ0n) is 10.7. The fourth-order valence-corrected chi connectivity index (χ4v) is 4.27. The third-order valence-electron chi connectivity index (χ3n) is 3.63. The standard InChI is InChI=1S/C14H19Cl2NS/c1-3-17-13-6-7-14(9(13)2)18-10-4-5-11(15)12(16)8-10/h4-5,8-9,13-14,17H,3,6-7H2,1-2H3. The highest BCUT2D eigenvalue weighted by Crippen LogP contribution is 2.40. The van der Waals surface area contributed by atoms with Gasteiger partial charge in [0.2, 0.25) is 0 Å². The van der Waals surface area contributed by atoms with Crippen LogP contribution in [-0.4, -0.2) is 17.8 Å². The summed E-state index contributed by atoms with van der Waals surface area (Å²) in [6.45, 7) is 5.57. The summed E-state index contributed by atoms with van der Waals surface area (Å²) in [5, 5.41) is 5.52. The Morgan fingerprint density at radius 3 is 2.72 bits per heavy atom. The number of hydrogen-bond donors (Lipinski definition) is 1. The molecule has 18 heavy (non-hydrogen) atoms. The van der Waals surface area contributed by atoms with Crippen molar-refractivity contribution in [1.82, 2.24) is 5.32 Å². The van der Waals surface area contributed by atoms with Crippen LogP contribution in [0.2, 0.25) is 10.0 Å². The van der Waals surface area contributed by atoms with E-state index in [0.717, 1.165) is 6.54 Å². The van der Waals surface area contributed by atoms with Crippen molar-refractivity contribution in [2.45, 2.75) is 42.9 Å². The molecule has 3 unspecified atom stereocenters. The van der Waals surface area contributed by atoms with Crippen LogP contribution in [0.4, 0.5) is 0 Å². The normalized spacial score (nSPS) is 27.7. The van der Waals surface area contributed by atoms with Gasteiger partial charge in [0, 0.05) is 16.2 Å². The molecule has 1 N–H and O–H groups in total. The first kappa shape index (κ1) is 14.5. The van der Waals surface area contributed by atoms with E-state index in [1.54, 1.807) is 0 Å². The summed E-state index contributed by atoms with van der Waals surface area (Å²) in [5.74, 6) is 0.699. The van der Waals surface area contributed by atoms with Crippen LogP contribution < -0.4 is 5.32 Å². The van der Waals surface area contributed by atoms with Crippen molar-refractivity contribution in [3.05, 3.63) is 28.2 Å². The van der Waals surface area contributed by atoms with Gasteiger partial charge in [0.15, 0.2) is 0 Å². The molecule has 1 saturated carbocycles. The fourth-order valence-electron chi connectivity index (χ4n) is 2.57. The van der Waals surface area contributed by atoms with E-state index in [-0.39, 0.29) is 0 Å². The van der Waals surface area contributed by atoms with Gasteiger partial charge in [-0.2, -0.15) is 0 Å². The van der Waals surface area contributed by atoms with E-state index in [9.17, 15) is 0 Å². The van der Waals surface area contributed by atoms with Gasteiger partial charge in [-0.15, -0.1) is 11.8 Å². The highest BCUT2D eigenvalue weighted by Gasteiger charge is 2.32. The minimum absolute atomic E-state index is 0.631. The van der Waals surface area contributed by atoms with Crippen molar-refractivity contribution in [2.24, 2.45) is 5.92 Å². The molecule has 0 bridgehead atoms. The lowest BCUT2D eigenvalue weighted by molar-refractivity contribution is 0.441. The molecule has 3 atom stereocenters. The monoisotopic (exact) mass is 303 g/mol. The van der Waals surface area contributed by atoms with Crippen LogP contribution in [0.5, 0.6) is 0 Å². The van der Waals surface area contributed by atoms with E-state index in [0.29, 0.717) is 27.3 Å². The third-order valence-corrected chi connectivity index (χ3v) is 5.86. The van der Waals surface area contributed by atoms with Crippen LogP contribution in [0.1, 0.15) is 26.7 Å². The largest absolute Gasteiger partial charge is 0.314 e. The van der Waals surface area contributed by atoms with Crippen molar-refractivity contribution >= 4 is 35.0 Å². The lowest BCUT2D eigenvalue weighted by Crippen LogP contribution is -2.32. The molecule has 1 aliphatic rings. The van der Waals surface area contributed by atoms with Gasteiger partial charge in [-0.3, -0.25) is 0 Å². The molecule has 0 aromatic heterocycles. The lowest BCUT2D eigenvalue weighted by atomic mass is 10.1. The first-order chi connectivity index (χ1) is 8.61. The van der Waals surface area contributed by atoms with Crippen molar-refractivity contribution in [3.8, 4) is 0 Å². The topological polar surface area (TPSA) is 12.0 Å². The first-order valence-electron chi connectivity index (χ1n) is 6.47. The van der Waals surface area contributed by atoms with E-state index in [1.165, 1.54) is 17.7 Å². The van der Waals surface area contributed by atoms with Crippen molar-refractivity contribution < 1.29 is 0 Å². The van der Waals surface area contributed by atoms with Gasteiger partial charge in [0.25, 0.3) is 0 Å². The van der Waals surface area contributed by atoms with Crippen LogP contribution in [-0.2, 0) is 0 Å². The maximum atomic E-state index is 6.06. The van der Waals surface area contributed by atoms with Crippen LogP contribution >= 0.6 is 35.0 Å². The summed E-state index contributed by atoms with van der Waals surface area (Å²) in [6, 6.07) is 6.58. The van der Waals surface area contributed by atoms with Crippen LogP contribution in [0.15, 0.2) is 23.1 Å². The summed E-state index contributed by atoms with van der Waals surface area (Å²) in [4.78, 5) is 1.22. The fraction of sp³-hybridized carbons (Fsp3) is 0.571. The summed E-state index contributed by atoms with van der Waals surface area (Å²) in [7, 11) is 0. The quantitative estimate of drug-likeness (QED) is 0.852. The highest BCUT2D eigenvalue weighted by atomic mass is 35.5. The molecular weight excluding hydrogens is 285 g/mol. The second kappa shape index (κ2) is 6.51. The van der Waals surface area contributed by atoms with E-state index < -0.39 is 0 Å². The zero-order valence-corrected chi connectivity index (χ0v) is 13.1. The minimum Gasteiger partial charge on any atom is -0.314 e. The SMILES string of the molecule is CCNC1CCC(Sc2ccc(Cl)c(Cl)c2)C1C. The molecular formula is C14H19Cl2NS. The van der Waals surface area contributed by atoms with Gasteiger partial charge < -0.3 is 5.32 Å². The second-order valence-electron chi connectivity index (χ2n) is 4.83. The summed E-state index contributed by atoms with van der Waals surface area (Å²) in [5.41, 5.74) is 0. The molecule has 100 valence electrons. The maximum Gasteiger partial charge on any atom is 0.0603 e. The van der Waals surface area contributed by atoms with E-state index in [4.69, 9.17) is 23.2 Å². The van der Waals surface area contributed by atoms with Gasteiger partial charge >= 0.3 is 0 Å². The van der Waals surface area contributed by atoms with E-state index >= 15 is 0 Å². The van der Waals surface area contributed by atoms with Gasteiger partial charge in [0.1, 0.15) is 0 Å². The number of halogens is 2. The molecule has 2 rings (SSSR count). The Morgan fingerprint density at radius 2 is 2.06 bits per heavy atom. The molecule has 0 heterocycles. The molecule has 0 aliphatic heterocycles. The Labute approximate surface area is 124 Å².